The fourth-order valence-electron chi connectivity index (χ4n) is 2.81. The summed E-state index contributed by atoms with van der Waals surface area (Å²) in [5, 5.41) is 11.3. The molecule has 0 aliphatic carbocycles. The Labute approximate surface area is 117 Å². The lowest BCUT2D eigenvalue weighted by Crippen LogP contribution is -2.36. The topological polar surface area (TPSA) is 56.7 Å². The lowest BCUT2D eigenvalue weighted by Gasteiger charge is -2.27. The van der Waals surface area contributed by atoms with Gasteiger partial charge in [0.2, 0.25) is 0 Å². The van der Waals surface area contributed by atoms with Gasteiger partial charge in [0.25, 0.3) is 0 Å². The zero-order valence-corrected chi connectivity index (χ0v) is 11.4. The molecule has 0 bridgehead atoms. The summed E-state index contributed by atoms with van der Waals surface area (Å²) in [4.78, 5) is 18.9. The molecule has 1 amide bonds. The minimum absolute atomic E-state index is 0.207. The second kappa shape index (κ2) is 5.00. The number of hydrogen-bond acceptors (Lipinski definition) is 3. The van der Waals surface area contributed by atoms with Crippen molar-refractivity contribution in [2.24, 2.45) is 0 Å². The van der Waals surface area contributed by atoms with E-state index in [0.29, 0.717) is 13.1 Å². The van der Waals surface area contributed by atoms with Crippen molar-refractivity contribution in [1.29, 1.82) is 0 Å². The van der Waals surface area contributed by atoms with Gasteiger partial charge in [-0.05, 0) is 6.42 Å². The highest BCUT2D eigenvalue weighted by molar-refractivity contribution is 5.93. The maximum absolute atomic E-state index is 11.0. The van der Waals surface area contributed by atoms with E-state index < -0.39 is 6.09 Å². The average molecular weight is 271 g/mol. The van der Waals surface area contributed by atoms with Gasteiger partial charge in [-0.2, -0.15) is 0 Å². The van der Waals surface area contributed by atoms with E-state index in [1.807, 2.05) is 37.6 Å². The van der Waals surface area contributed by atoms with Crippen LogP contribution in [0.25, 0.3) is 10.8 Å². The molecule has 1 aromatic carbocycles. The molecule has 5 nitrogen and oxygen atoms in total. The van der Waals surface area contributed by atoms with E-state index >= 15 is 0 Å². The van der Waals surface area contributed by atoms with Gasteiger partial charge in [-0.25, -0.2) is 4.79 Å². The number of carboxylic acid groups (broad SMARTS) is 1. The van der Waals surface area contributed by atoms with Crippen LogP contribution in [0.4, 0.5) is 10.5 Å². The first-order chi connectivity index (χ1) is 9.66. The maximum Gasteiger partial charge on any atom is 0.407 e. The van der Waals surface area contributed by atoms with Crippen molar-refractivity contribution in [3.63, 3.8) is 0 Å². The Morgan fingerprint density at radius 1 is 1.40 bits per heavy atom. The van der Waals surface area contributed by atoms with Crippen molar-refractivity contribution in [2.45, 2.75) is 12.5 Å². The highest BCUT2D eigenvalue weighted by Gasteiger charge is 2.29. The van der Waals surface area contributed by atoms with Gasteiger partial charge >= 0.3 is 6.09 Å². The van der Waals surface area contributed by atoms with Crippen molar-refractivity contribution < 1.29 is 9.90 Å². The smallest absolute Gasteiger partial charge is 0.407 e. The molecule has 0 saturated carbocycles. The molecule has 1 aliphatic heterocycles. The van der Waals surface area contributed by atoms with Crippen LogP contribution in [0.1, 0.15) is 6.42 Å². The maximum atomic E-state index is 11.0. The molecule has 0 radical (unpaired) electrons. The van der Waals surface area contributed by atoms with Crippen molar-refractivity contribution >= 4 is 22.6 Å². The van der Waals surface area contributed by atoms with Gasteiger partial charge in [0.1, 0.15) is 0 Å². The molecule has 2 aromatic rings. The van der Waals surface area contributed by atoms with E-state index in [1.54, 1.807) is 0 Å². The van der Waals surface area contributed by atoms with Gasteiger partial charge in [-0.3, -0.25) is 4.98 Å². The molecule has 1 N–H and O–H groups in total. The predicted molar refractivity (Wildman–Crippen MR) is 78.1 cm³/mol. The summed E-state index contributed by atoms with van der Waals surface area (Å²) in [6, 6.07) is 8.33. The number of carbonyl (C=O) groups is 1. The lowest BCUT2D eigenvalue weighted by atomic mass is 10.1. The molecule has 104 valence electrons. The van der Waals surface area contributed by atoms with Crippen LogP contribution in [0.5, 0.6) is 0 Å². The first-order valence-electron chi connectivity index (χ1n) is 6.70. The van der Waals surface area contributed by atoms with Crippen molar-refractivity contribution in [3.05, 3.63) is 36.7 Å². The third kappa shape index (κ3) is 2.15. The number of rotatable bonds is 2. The highest BCUT2D eigenvalue weighted by atomic mass is 16.4. The minimum Gasteiger partial charge on any atom is -0.465 e. The quantitative estimate of drug-likeness (QED) is 0.911. The van der Waals surface area contributed by atoms with E-state index in [-0.39, 0.29) is 6.04 Å². The van der Waals surface area contributed by atoms with Crippen LogP contribution in [0, 0.1) is 0 Å². The third-order valence-electron chi connectivity index (χ3n) is 4.01. The van der Waals surface area contributed by atoms with Crippen LogP contribution in [0.2, 0.25) is 0 Å². The number of pyridine rings is 1. The molecular formula is C15H17N3O2. The van der Waals surface area contributed by atoms with Crippen molar-refractivity contribution in [1.82, 2.24) is 9.88 Å². The van der Waals surface area contributed by atoms with Gasteiger partial charge in [0.15, 0.2) is 0 Å². The monoisotopic (exact) mass is 271 g/mol. The first-order valence-corrected chi connectivity index (χ1v) is 6.70. The summed E-state index contributed by atoms with van der Waals surface area (Å²) in [7, 11) is 2.01. The summed E-state index contributed by atoms with van der Waals surface area (Å²) in [5.41, 5.74) is 1.06. The highest BCUT2D eigenvalue weighted by Crippen LogP contribution is 2.28. The van der Waals surface area contributed by atoms with E-state index in [2.05, 4.69) is 16.0 Å². The summed E-state index contributed by atoms with van der Waals surface area (Å²) < 4.78 is 0. The summed E-state index contributed by atoms with van der Waals surface area (Å²) in [6.45, 7) is 1.15. The van der Waals surface area contributed by atoms with Crippen molar-refractivity contribution in [2.75, 3.05) is 25.0 Å². The van der Waals surface area contributed by atoms with Gasteiger partial charge in [-0.1, -0.05) is 24.3 Å². The Balaban J connectivity index is 1.90. The summed E-state index contributed by atoms with van der Waals surface area (Å²) >= 11 is 0. The molecule has 5 heteroatoms. The second-order valence-corrected chi connectivity index (χ2v) is 5.16. The summed E-state index contributed by atoms with van der Waals surface area (Å²) in [5.74, 6) is 0. The molecule has 1 fully saturated rings. The molecule has 1 saturated heterocycles. The van der Waals surface area contributed by atoms with Crippen LogP contribution in [0.3, 0.4) is 0 Å². The van der Waals surface area contributed by atoms with E-state index in [1.165, 1.54) is 4.90 Å². The number of amides is 1. The molecule has 0 spiro atoms. The number of likely N-dealkylation sites (tertiary alicyclic amines) is 1. The first kappa shape index (κ1) is 12.7. The average Bonchev–Trinajstić information content (AvgIpc) is 2.96. The van der Waals surface area contributed by atoms with Gasteiger partial charge < -0.3 is 14.9 Å². The van der Waals surface area contributed by atoms with Crippen LogP contribution in [0.15, 0.2) is 36.7 Å². The fourth-order valence-corrected chi connectivity index (χ4v) is 2.81. The number of fused-ring (bicyclic) bond motifs is 1. The van der Waals surface area contributed by atoms with E-state index in [0.717, 1.165) is 22.9 Å². The number of likely N-dealkylation sites (N-methyl/N-ethyl adjacent to an activating group) is 1. The Bertz CT molecular complexity index is 639. The molecule has 1 atom stereocenters. The normalized spacial score (nSPS) is 18.4. The largest absolute Gasteiger partial charge is 0.465 e. The zero-order chi connectivity index (χ0) is 14.1. The van der Waals surface area contributed by atoms with E-state index in [4.69, 9.17) is 5.11 Å². The molecule has 1 aliphatic rings. The molecule has 1 aromatic heterocycles. The third-order valence-corrected chi connectivity index (χ3v) is 4.01. The summed E-state index contributed by atoms with van der Waals surface area (Å²) in [6.07, 6.45) is 3.72. The Morgan fingerprint density at radius 3 is 2.95 bits per heavy atom. The number of benzene rings is 1. The number of aromatic nitrogens is 1. The van der Waals surface area contributed by atoms with Crippen LogP contribution in [-0.2, 0) is 0 Å². The molecule has 0 unspecified atom stereocenters. The predicted octanol–water partition coefficient (Wildman–Crippen LogP) is 2.42. The second-order valence-electron chi connectivity index (χ2n) is 5.16. The molecular weight excluding hydrogens is 254 g/mol. The zero-order valence-electron chi connectivity index (χ0n) is 11.4. The fraction of sp³-hybridized carbons (Fsp3) is 0.333. The lowest BCUT2D eigenvalue weighted by molar-refractivity contribution is 0.155. The Morgan fingerprint density at radius 2 is 2.20 bits per heavy atom. The number of nitrogens with zero attached hydrogens (tertiary/aromatic N) is 3. The van der Waals surface area contributed by atoms with Crippen LogP contribution >= 0.6 is 0 Å². The van der Waals surface area contributed by atoms with Gasteiger partial charge in [0.05, 0.1) is 11.9 Å². The number of anilines is 1. The minimum atomic E-state index is -0.836. The van der Waals surface area contributed by atoms with Crippen LogP contribution < -0.4 is 4.90 Å². The SMILES string of the molecule is CN(c1cncc2ccccc12)[C@H]1CCN(C(=O)O)C1. The van der Waals surface area contributed by atoms with Crippen molar-refractivity contribution in [3.8, 4) is 0 Å². The Hall–Kier alpha value is -2.30. The van der Waals surface area contributed by atoms with Crippen LogP contribution in [-0.4, -0.2) is 47.3 Å². The molecule has 3 rings (SSSR count). The van der Waals surface area contributed by atoms with Gasteiger partial charge in [-0.15, -0.1) is 0 Å². The van der Waals surface area contributed by atoms with E-state index in [9.17, 15) is 4.79 Å². The molecule has 2 heterocycles. The Kier molecular flexibility index (Phi) is 3.18. The standard InChI is InChI=1S/C15H17N3O2/c1-17(12-6-7-18(10-12)15(19)20)14-9-16-8-11-4-2-3-5-13(11)14/h2-5,8-9,12H,6-7,10H2,1H3,(H,19,20)/t12-/m0/s1. The molecule has 20 heavy (non-hydrogen) atoms. The van der Waals surface area contributed by atoms with Gasteiger partial charge in [0, 0.05) is 43.1 Å². The number of hydrogen-bond donors (Lipinski definition) is 1.